The molecule has 2 aliphatic rings. The molecule has 0 saturated heterocycles. The van der Waals surface area contributed by atoms with Crippen LogP contribution in [0.5, 0.6) is 0 Å². The number of rotatable bonds is 10. The van der Waals surface area contributed by atoms with Crippen LogP contribution in [-0.4, -0.2) is 62.3 Å². The maximum atomic E-state index is 5.98. The van der Waals surface area contributed by atoms with Gasteiger partial charge in [-0.3, -0.25) is 9.89 Å². The summed E-state index contributed by atoms with van der Waals surface area (Å²) in [4.78, 5) is 7.21. The molecule has 0 aromatic heterocycles. The molecule has 0 aliphatic heterocycles. The Balaban J connectivity index is 0.00000312. The molecule has 148 valence electrons. The largest absolute Gasteiger partial charge is 0.378 e. The Morgan fingerprint density at radius 3 is 2.52 bits per heavy atom. The predicted molar refractivity (Wildman–Crippen MR) is 117 cm³/mol. The van der Waals surface area contributed by atoms with Gasteiger partial charge in [-0.15, -0.1) is 24.0 Å². The zero-order valence-corrected chi connectivity index (χ0v) is 18.8. The van der Waals surface area contributed by atoms with Crippen LogP contribution in [0, 0.1) is 0 Å². The first-order chi connectivity index (χ1) is 11.7. The number of likely N-dealkylation sites (N-methyl/N-ethyl adjacent to an activating group) is 1. The van der Waals surface area contributed by atoms with E-state index in [0.717, 1.165) is 44.7 Å². The summed E-state index contributed by atoms with van der Waals surface area (Å²) in [5.41, 5.74) is 0. The maximum absolute atomic E-state index is 5.98. The molecule has 0 radical (unpaired) electrons. The molecule has 2 aliphatic carbocycles. The second-order valence-corrected chi connectivity index (χ2v) is 7.38. The van der Waals surface area contributed by atoms with Crippen LogP contribution in [0.4, 0.5) is 0 Å². The van der Waals surface area contributed by atoms with Crippen LogP contribution < -0.4 is 10.6 Å². The Kier molecular flexibility index (Phi) is 12.1. The van der Waals surface area contributed by atoms with Gasteiger partial charge in [0, 0.05) is 31.8 Å². The van der Waals surface area contributed by atoms with Gasteiger partial charge in [0.1, 0.15) is 0 Å². The van der Waals surface area contributed by atoms with Crippen molar-refractivity contribution in [3.05, 3.63) is 0 Å². The lowest BCUT2D eigenvalue weighted by molar-refractivity contribution is 0.0277. The molecule has 2 N–H and O–H groups in total. The van der Waals surface area contributed by atoms with Crippen molar-refractivity contribution in [1.82, 2.24) is 15.5 Å². The average Bonchev–Trinajstić information content (AvgIpc) is 3.44. The summed E-state index contributed by atoms with van der Waals surface area (Å²) in [7, 11) is 2.22. The predicted octanol–water partition coefficient (Wildman–Crippen LogP) is 3.38. The number of ether oxygens (including phenoxy) is 1. The topological polar surface area (TPSA) is 48.9 Å². The van der Waals surface area contributed by atoms with Crippen molar-refractivity contribution in [2.75, 3.05) is 33.3 Å². The summed E-state index contributed by atoms with van der Waals surface area (Å²) in [5.74, 6) is 0.936. The summed E-state index contributed by atoms with van der Waals surface area (Å²) < 4.78 is 5.98. The van der Waals surface area contributed by atoms with Gasteiger partial charge in [0.2, 0.25) is 0 Å². The summed E-state index contributed by atoms with van der Waals surface area (Å²) in [6, 6.07) is 1.30. The van der Waals surface area contributed by atoms with Crippen molar-refractivity contribution < 1.29 is 4.74 Å². The fraction of sp³-hybridized carbons (Fsp3) is 0.947. The van der Waals surface area contributed by atoms with Crippen molar-refractivity contribution in [1.29, 1.82) is 0 Å². The molecule has 0 heterocycles. The first-order valence-electron chi connectivity index (χ1n) is 10.1. The van der Waals surface area contributed by atoms with Gasteiger partial charge in [-0.1, -0.05) is 19.3 Å². The van der Waals surface area contributed by atoms with Gasteiger partial charge in [0.15, 0.2) is 5.96 Å². The van der Waals surface area contributed by atoms with E-state index in [4.69, 9.17) is 9.73 Å². The number of nitrogens with one attached hydrogen (secondary N) is 2. The standard InChI is InChI=1S/C19H38N4O.HI/c1-4-20-19(22-15-16(2)23(3)17-11-12-17)21-13-8-14-24-18-9-6-5-7-10-18;/h16-18H,4-15H2,1-3H3,(H2,20,21,22);1H. The third kappa shape index (κ3) is 9.43. The van der Waals surface area contributed by atoms with Crippen LogP contribution >= 0.6 is 24.0 Å². The minimum Gasteiger partial charge on any atom is -0.378 e. The number of nitrogens with zero attached hydrogens (tertiary/aromatic N) is 2. The van der Waals surface area contributed by atoms with E-state index in [9.17, 15) is 0 Å². The maximum Gasteiger partial charge on any atom is 0.191 e. The molecule has 0 aromatic rings. The highest BCUT2D eigenvalue weighted by molar-refractivity contribution is 14.0. The Morgan fingerprint density at radius 2 is 1.88 bits per heavy atom. The van der Waals surface area contributed by atoms with Gasteiger partial charge >= 0.3 is 0 Å². The fourth-order valence-electron chi connectivity index (χ4n) is 3.30. The highest BCUT2D eigenvalue weighted by Gasteiger charge is 2.28. The molecule has 0 bridgehead atoms. The zero-order chi connectivity index (χ0) is 17.2. The lowest BCUT2D eigenvalue weighted by atomic mass is 9.98. The third-order valence-corrected chi connectivity index (χ3v) is 5.20. The molecule has 1 unspecified atom stereocenters. The molecule has 6 heteroatoms. The number of hydrogen-bond donors (Lipinski definition) is 2. The molecule has 0 aromatic carbocycles. The first-order valence-corrected chi connectivity index (χ1v) is 10.1. The molecular formula is C19H39IN4O. The molecule has 0 amide bonds. The number of guanidine groups is 1. The van der Waals surface area contributed by atoms with Crippen LogP contribution in [0.25, 0.3) is 0 Å². The van der Waals surface area contributed by atoms with E-state index < -0.39 is 0 Å². The second kappa shape index (κ2) is 13.1. The Morgan fingerprint density at radius 1 is 1.16 bits per heavy atom. The normalized spacial score (nSPS) is 20.2. The second-order valence-electron chi connectivity index (χ2n) is 7.38. The van der Waals surface area contributed by atoms with E-state index in [2.05, 4.69) is 36.4 Å². The molecular weight excluding hydrogens is 427 g/mol. The smallest absolute Gasteiger partial charge is 0.191 e. The van der Waals surface area contributed by atoms with Gasteiger partial charge in [-0.05, 0) is 53.0 Å². The lowest BCUT2D eigenvalue weighted by Crippen LogP contribution is -2.40. The van der Waals surface area contributed by atoms with Gasteiger partial charge < -0.3 is 15.4 Å². The van der Waals surface area contributed by atoms with E-state index in [1.54, 1.807) is 0 Å². The Hall–Kier alpha value is -0.0800. The minimum absolute atomic E-state index is 0. The van der Waals surface area contributed by atoms with Crippen molar-refractivity contribution in [3.8, 4) is 0 Å². The van der Waals surface area contributed by atoms with Crippen LogP contribution in [0.3, 0.4) is 0 Å². The number of aliphatic imine (C=N–C) groups is 1. The van der Waals surface area contributed by atoms with Crippen LogP contribution in [0.2, 0.25) is 0 Å². The zero-order valence-electron chi connectivity index (χ0n) is 16.4. The van der Waals surface area contributed by atoms with E-state index in [1.165, 1.54) is 44.9 Å². The summed E-state index contributed by atoms with van der Waals surface area (Å²) in [6.45, 7) is 7.91. The van der Waals surface area contributed by atoms with Gasteiger partial charge in [-0.2, -0.15) is 0 Å². The molecule has 2 rings (SSSR count). The summed E-state index contributed by atoms with van der Waals surface area (Å²) in [5, 5.41) is 6.78. The Labute approximate surface area is 171 Å². The summed E-state index contributed by atoms with van der Waals surface area (Å²) >= 11 is 0. The van der Waals surface area contributed by atoms with E-state index in [-0.39, 0.29) is 24.0 Å². The van der Waals surface area contributed by atoms with E-state index in [0.29, 0.717) is 12.1 Å². The number of halogens is 1. The van der Waals surface area contributed by atoms with E-state index in [1.807, 2.05) is 0 Å². The molecule has 1 atom stereocenters. The van der Waals surface area contributed by atoms with Gasteiger partial charge in [0.25, 0.3) is 0 Å². The minimum atomic E-state index is 0. The highest BCUT2D eigenvalue weighted by Crippen LogP contribution is 2.26. The van der Waals surface area contributed by atoms with Crippen molar-refractivity contribution in [2.24, 2.45) is 4.99 Å². The van der Waals surface area contributed by atoms with Gasteiger partial charge in [0.05, 0.1) is 12.6 Å². The fourth-order valence-corrected chi connectivity index (χ4v) is 3.30. The molecule has 2 saturated carbocycles. The van der Waals surface area contributed by atoms with Crippen LogP contribution in [0.1, 0.15) is 65.2 Å². The van der Waals surface area contributed by atoms with Crippen LogP contribution in [-0.2, 0) is 4.74 Å². The van der Waals surface area contributed by atoms with Crippen molar-refractivity contribution in [2.45, 2.75) is 83.4 Å². The SMILES string of the molecule is CCNC(=NCC(C)N(C)C1CC1)NCCCOC1CCCCC1.I. The molecule has 2 fully saturated rings. The Bertz CT molecular complexity index is 370. The molecule has 25 heavy (non-hydrogen) atoms. The van der Waals surface area contributed by atoms with Crippen molar-refractivity contribution in [3.63, 3.8) is 0 Å². The quantitative estimate of drug-likeness (QED) is 0.224. The monoisotopic (exact) mass is 466 g/mol. The van der Waals surface area contributed by atoms with Gasteiger partial charge in [-0.25, -0.2) is 0 Å². The number of hydrogen-bond acceptors (Lipinski definition) is 3. The van der Waals surface area contributed by atoms with Crippen LogP contribution in [0.15, 0.2) is 4.99 Å². The van der Waals surface area contributed by atoms with E-state index >= 15 is 0 Å². The third-order valence-electron chi connectivity index (χ3n) is 5.20. The average molecular weight is 466 g/mol. The first kappa shape index (κ1) is 23.0. The summed E-state index contributed by atoms with van der Waals surface area (Å²) in [6.07, 6.45) is 10.8. The molecule has 5 nitrogen and oxygen atoms in total. The highest BCUT2D eigenvalue weighted by atomic mass is 127. The lowest BCUT2D eigenvalue weighted by Gasteiger charge is -2.23. The molecule has 0 spiro atoms. The van der Waals surface area contributed by atoms with Crippen molar-refractivity contribution >= 4 is 29.9 Å².